The third-order valence-corrected chi connectivity index (χ3v) is 4.01. The standard InChI is InChI=1S/C16H34N2O/c1-15(2)7-5-6-13-19-14-12-17-8-10-18(11-9-17)16(3)4/h15-16H,5-14H2,1-4H3. The van der Waals surface area contributed by atoms with Crippen molar-refractivity contribution >= 4 is 0 Å². The molecule has 0 amide bonds. The summed E-state index contributed by atoms with van der Waals surface area (Å²) in [6.07, 6.45) is 3.87. The molecule has 19 heavy (non-hydrogen) atoms. The van der Waals surface area contributed by atoms with Gasteiger partial charge in [0.15, 0.2) is 0 Å². The molecule has 1 fully saturated rings. The number of ether oxygens (including phenoxy) is 1. The van der Waals surface area contributed by atoms with E-state index < -0.39 is 0 Å². The summed E-state index contributed by atoms with van der Waals surface area (Å²) in [5, 5.41) is 0. The van der Waals surface area contributed by atoms with Crippen molar-refractivity contribution in [2.45, 2.75) is 53.0 Å². The Morgan fingerprint density at radius 1 is 0.895 bits per heavy atom. The van der Waals surface area contributed by atoms with Crippen LogP contribution in [-0.2, 0) is 4.74 Å². The Labute approximate surface area is 120 Å². The SMILES string of the molecule is CC(C)CCCCOCCN1CCN(C(C)C)CC1. The average Bonchev–Trinajstić information content (AvgIpc) is 2.38. The summed E-state index contributed by atoms with van der Waals surface area (Å²) in [6.45, 7) is 16.9. The van der Waals surface area contributed by atoms with Gasteiger partial charge in [0, 0.05) is 45.4 Å². The van der Waals surface area contributed by atoms with E-state index in [1.165, 1.54) is 45.4 Å². The van der Waals surface area contributed by atoms with Crippen LogP contribution in [0, 0.1) is 5.92 Å². The van der Waals surface area contributed by atoms with E-state index >= 15 is 0 Å². The van der Waals surface area contributed by atoms with Crippen LogP contribution in [0.3, 0.4) is 0 Å². The first-order valence-electron chi connectivity index (χ1n) is 8.13. The van der Waals surface area contributed by atoms with Gasteiger partial charge in [-0.2, -0.15) is 0 Å². The van der Waals surface area contributed by atoms with Gasteiger partial charge in [0.1, 0.15) is 0 Å². The second kappa shape index (κ2) is 9.73. The third kappa shape index (κ3) is 7.91. The summed E-state index contributed by atoms with van der Waals surface area (Å²) < 4.78 is 5.74. The molecule has 1 rings (SSSR count). The molecule has 1 saturated heterocycles. The summed E-state index contributed by atoms with van der Waals surface area (Å²) in [5.41, 5.74) is 0. The fraction of sp³-hybridized carbons (Fsp3) is 1.00. The highest BCUT2D eigenvalue weighted by Crippen LogP contribution is 2.07. The van der Waals surface area contributed by atoms with Crippen molar-refractivity contribution in [3.63, 3.8) is 0 Å². The predicted molar refractivity (Wildman–Crippen MR) is 82.7 cm³/mol. The van der Waals surface area contributed by atoms with E-state index in [9.17, 15) is 0 Å². The lowest BCUT2D eigenvalue weighted by atomic mass is 10.1. The van der Waals surface area contributed by atoms with Gasteiger partial charge in [-0.1, -0.05) is 26.7 Å². The molecule has 1 heterocycles. The first-order chi connectivity index (χ1) is 9.09. The minimum absolute atomic E-state index is 0.694. The largest absolute Gasteiger partial charge is 0.380 e. The molecule has 0 saturated carbocycles. The number of hydrogen-bond donors (Lipinski definition) is 0. The van der Waals surface area contributed by atoms with Crippen molar-refractivity contribution in [2.24, 2.45) is 5.92 Å². The Balaban J connectivity index is 1.91. The normalized spacial score (nSPS) is 18.6. The molecule has 3 heteroatoms. The molecular formula is C16H34N2O. The maximum atomic E-state index is 5.74. The van der Waals surface area contributed by atoms with Crippen LogP contribution in [-0.4, -0.2) is 61.8 Å². The van der Waals surface area contributed by atoms with Crippen LogP contribution < -0.4 is 0 Å². The summed E-state index contributed by atoms with van der Waals surface area (Å²) in [5.74, 6) is 0.831. The van der Waals surface area contributed by atoms with Crippen molar-refractivity contribution in [1.82, 2.24) is 9.80 Å². The van der Waals surface area contributed by atoms with Crippen LogP contribution in [0.25, 0.3) is 0 Å². The molecule has 0 bridgehead atoms. The molecule has 0 aromatic carbocycles. The summed E-state index contributed by atoms with van der Waals surface area (Å²) in [4.78, 5) is 5.09. The van der Waals surface area contributed by atoms with Gasteiger partial charge < -0.3 is 4.74 Å². The molecule has 1 aliphatic rings. The Bertz CT molecular complexity index is 211. The third-order valence-electron chi connectivity index (χ3n) is 4.01. The van der Waals surface area contributed by atoms with Crippen LogP contribution in [0.15, 0.2) is 0 Å². The van der Waals surface area contributed by atoms with Gasteiger partial charge in [0.25, 0.3) is 0 Å². The monoisotopic (exact) mass is 270 g/mol. The summed E-state index contributed by atoms with van der Waals surface area (Å²) in [6, 6.07) is 0.694. The fourth-order valence-electron chi connectivity index (χ4n) is 2.56. The average molecular weight is 270 g/mol. The zero-order valence-electron chi connectivity index (χ0n) is 13.5. The van der Waals surface area contributed by atoms with E-state index in [0.29, 0.717) is 6.04 Å². The lowest BCUT2D eigenvalue weighted by Gasteiger charge is -2.36. The van der Waals surface area contributed by atoms with Crippen molar-refractivity contribution < 1.29 is 4.74 Å². The number of rotatable bonds is 9. The van der Waals surface area contributed by atoms with E-state index in [1.807, 2.05) is 0 Å². The molecule has 0 aromatic rings. The van der Waals surface area contributed by atoms with Crippen LogP contribution >= 0.6 is 0 Å². The minimum Gasteiger partial charge on any atom is -0.380 e. The second-order valence-corrected chi connectivity index (χ2v) is 6.47. The Kier molecular flexibility index (Phi) is 8.67. The Morgan fingerprint density at radius 2 is 1.58 bits per heavy atom. The lowest BCUT2D eigenvalue weighted by molar-refractivity contribution is 0.0651. The second-order valence-electron chi connectivity index (χ2n) is 6.47. The molecule has 0 atom stereocenters. The molecule has 0 N–H and O–H groups in total. The van der Waals surface area contributed by atoms with E-state index in [0.717, 1.165) is 25.7 Å². The van der Waals surface area contributed by atoms with E-state index in [1.54, 1.807) is 0 Å². The van der Waals surface area contributed by atoms with Gasteiger partial charge in [-0.15, -0.1) is 0 Å². The molecule has 1 aliphatic heterocycles. The molecule has 3 nitrogen and oxygen atoms in total. The zero-order valence-corrected chi connectivity index (χ0v) is 13.5. The predicted octanol–water partition coefficient (Wildman–Crippen LogP) is 2.86. The number of nitrogens with zero attached hydrogens (tertiary/aromatic N) is 2. The molecule has 0 radical (unpaired) electrons. The lowest BCUT2D eigenvalue weighted by Crippen LogP contribution is -2.49. The summed E-state index contributed by atoms with van der Waals surface area (Å²) >= 11 is 0. The summed E-state index contributed by atoms with van der Waals surface area (Å²) in [7, 11) is 0. The van der Waals surface area contributed by atoms with Crippen LogP contribution in [0.4, 0.5) is 0 Å². The Hall–Kier alpha value is -0.120. The number of hydrogen-bond acceptors (Lipinski definition) is 3. The highest BCUT2D eigenvalue weighted by atomic mass is 16.5. The van der Waals surface area contributed by atoms with Crippen LogP contribution in [0.1, 0.15) is 47.0 Å². The van der Waals surface area contributed by atoms with Gasteiger partial charge in [-0.25, -0.2) is 0 Å². The van der Waals surface area contributed by atoms with Gasteiger partial charge in [0.05, 0.1) is 6.61 Å². The molecular weight excluding hydrogens is 236 g/mol. The molecule has 0 spiro atoms. The van der Waals surface area contributed by atoms with Gasteiger partial charge in [-0.05, 0) is 26.2 Å². The van der Waals surface area contributed by atoms with Crippen molar-refractivity contribution in [1.29, 1.82) is 0 Å². The molecule has 0 aromatic heterocycles. The smallest absolute Gasteiger partial charge is 0.0593 e. The van der Waals surface area contributed by atoms with Gasteiger partial charge >= 0.3 is 0 Å². The molecule has 0 unspecified atom stereocenters. The van der Waals surface area contributed by atoms with Crippen molar-refractivity contribution in [3.05, 3.63) is 0 Å². The molecule has 0 aliphatic carbocycles. The zero-order chi connectivity index (χ0) is 14.1. The van der Waals surface area contributed by atoms with Gasteiger partial charge in [0.2, 0.25) is 0 Å². The van der Waals surface area contributed by atoms with Crippen molar-refractivity contribution in [3.8, 4) is 0 Å². The highest BCUT2D eigenvalue weighted by molar-refractivity contribution is 4.73. The number of piperazine rings is 1. The van der Waals surface area contributed by atoms with Gasteiger partial charge in [-0.3, -0.25) is 9.80 Å². The van der Waals surface area contributed by atoms with E-state index in [-0.39, 0.29) is 0 Å². The van der Waals surface area contributed by atoms with Crippen LogP contribution in [0.2, 0.25) is 0 Å². The number of unbranched alkanes of at least 4 members (excludes halogenated alkanes) is 1. The van der Waals surface area contributed by atoms with E-state index in [4.69, 9.17) is 4.74 Å². The minimum atomic E-state index is 0.694. The van der Waals surface area contributed by atoms with Crippen molar-refractivity contribution in [2.75, 3.05) is 45.9 Å². The first kappa shape index (κ1) is 16.9. The maximum Gasteiger partial charge on any atom is 0.0593 e. The van der Waals surface area contributed by atoms with Crippen LogP contribution in [0.5, 0.6) is 0 Å². The first-order valence-corrected chi connectivity index (χ1v) is 8.13. The van der Waals surface area contributed by atoms with E-state index in [2.05, 4.69) is 37.5 Å². The Morgan fingerprint density at radius 3 is 2.16 bits per heavy atom. The topological polar surface area (TPSA) is 15.7 Å². The quantitative estimate of drug-likeness (QED) is 0.599. The molecule has 114 valence electrons. The fourth-order valence-corrected chi connectivity index (χ4v) is 2.56. The highest BCUT2D eigenvalue weighted by Gasteiger charge is 2.17. The maximum absolute atomic E-state index is 5.74.